The maximum atomic E-state index is 13.1. The topological polar surface area (TPSA) is 61.8 Å². The summed E-state index contributed by atoms with van der Waals surface area (Å²) in [4.78, 5) is 15.1. The minimum atomic E-state index is -0.648. The molecule has 5 nitrogen and oxygen atoms in total. The molecule has 0 bridgehead atoms. The number of hydrogen-bond donors (Lipinski definition) is 2. The number of carbonyl (C=O) groups is 1. The van der Waals surface area contributed by atoms with Gasteiger partial charge in [0.1, 0.15) is 6.10 Å². The van der Waals surface area contributed by atoms with Gasteiger partial charge in [0.2, 0.25) is 0 Å². The van der Waals surface area contributed by atoms with E-state index in [1.807, 2.05) is 38.4 Å². The highest BCUT2D eigenvalue weighted by Crippen LogP contribution is 2.21. The second kappa shape index (κ2) is 11.7. The molecule has 2 rings (SSSR count). The van der Waals surface area contributed by atoms with Crippen molar-refractivity contribution in [2.24, 2.45) is 0 Å². The van der Waals surface area contributed by atoms with Crippen molar-refractivity contribution >= 4 is 11.5 Å². The number of carbonyl (C=O) groups excluding carboxylic acids is 1. The maximum Gasteiger partial charge on any atom is 0.191 e. The predicted molar refractivity (Wildman–Crippen MR) is 119 cm³/mol. The van der Waals surface area contributed by atoms with E-state index in [0.717, 1.165) is 29.8 Å². The molecule has 0 spiro atoms. The van der Waals surface area contributed by atoms with Crippen LogP contribution in [-0.4, -0.2) is 56.9 Å². The van der Waals surface area contributed by atoms with Crippen molar-refractivity contribution in [1.29, 1.82) is 0 Å². The largest absolute Gasteiger partial charge is 0.389 e. The molecule has 0 aliphatic carbocycles. The van der Waals surface area contributed by atoms with Crippen LogP contribution in [0.25, 0.3) is 0 Å². The van der Waals surface area contributed by atoms with E-state index in [2.05, 4.69) is 36.2 Å². The first kappa shape index (κ1) is 23.1. The van der Waals surface area contributed by atoms with Crippen molar-refractivity contribution in [2.45, 2.75) is 38.9 Å². The van der Waals surface area contributed by atoms with Gasteiger partial charge in [-0.05, 0) is 37.1 Å². The maximum absolute atomic E-state index is 13.1. The number of ether oxygens (including phenoxy) is 1. The lowest BCUT2D eigenvalue weighted by Crippen LogP contribution is -2.35. The molecule has 29 heavy (non-hydrogen) atoms. The van der Waals surface area contributed by atoms with Gasteiger partial charge in [-0.3, -0.25) is 4.79 Å². The van der Waals surface area contributed by atoms with Crippen LogP contribution in [0.3, 0.4) is 0 Å². The predicted octanol–water partition coefficient (Wildman–Crippen LogP) is 3.23. The Morgan fingerprint density at radius 1 is 1.17 bits per heavy atom. The number of benzene rings is 2. The van der Waals surface area contributed by atoms with Gasteiger partial charge in [0.25, 0.3) is 0 Å². The summed E-state index contributed by atoms with van der Waals surface area (Å²) < 4.78 is 5.92. The first-order chi connectivity index (χ1) is 13.9. The molecule has 2 aromatic rings. The molecule has 158 valence electrons. The summed E-state index contributed by atoms with van der Waals surface area (Å²) in [5.74, 6) is -0.0614. The fraction of sp³-hybridized carbons (Fsp3) is 0.458. The van der Waals surface area contributed by atoms with Crippen molar-refractivity contribution in [3.8, 4) is 0 Å². The Labute approximate surface area is 174 Å². The number of ketones is 1. The monoisotopic (exact) mass is 398 g/mol. The molecule has 0 aromatic heterocycles. The van der Waals surface area contributed by atoms with Gasteiger partial charge in [0.05, 0.1) is 12.7 Å². The van der Waals surface area contributed by atoms with Gasteiger partial charge in [-0.1, -0.05) is 49.4 Å². The molecular weight excluding hydrogens is 364 g/mol. The van der Waals surface area contributed by atoms with Crippen LogP contribution in [0.2, 0.25) is 0 Å². The van der Waals surface area contributed by atoms with Crippen molar-refractivity contribution in [1.82, 2.24) is 5.32 Å². The fourth-order valence-electron chi connectivity index (χ4n) is 3.31. The molecule has 2 aromatic carbocycles. The molecule has 0 fully saturated rings. The van der Waals surface area contributed by atoms with Gasteiger partial charge in [0.15, 0.2) is 5.78 Å². The number of aliphatic hydroxyl groups is 1. The summed E-state index contributed by atoms with van der Waals surface area (Å²) >= 11 is 0. The molecule has 0 radical (unpaired) electrons. The summed E-state index contributed by atoms with van der Waals surface area (Å²) in [7, 11) is 4.03. The summed E-state index contributed by atoms with van der Waals surface area (Å²) in [6, 6.07) is 15.4. The number of anilines is 1. The van der Waals surface area contributed by atoms with Crippen LogP contribution in [0.1, 0.15) is 34.8 Å². The van der Waals surface area contributed by atoms with Crippen LogP contribution in [-0.2, 0) is 11.2 Å². The normalized spacial score (nSPS) is 13.1. The van der Waals surface area contributed by atoms with Crippen molar-refractivity contribution < 1.29 is 14.6 Å². The van der Waals surface area contributed by atoms with Crippen LogP contribution in [0, 0.1) is 6.92 Å². The standard InChI is InChI=1S/C24H34N2O3/c1-5-13-25-16-21(27)17-29-23(24(28)20-9-7-6-8-10-20)15-19-11-12-22(26(3)4)18(2)14-19/h6-12,14,21,23,25,27H,5,13,15-17H2,1-4H3. The van der Waals surface area contributed by atoms with E-state index in [9.17, 15) is 9.90 Å². The van der Waals surface area contributed by atoms with Crippen LogP contribution in [0.15, 0.2) is 48.5 Å². The summed E-state index contributed by atoms with van der Waals surface area (Å²) in [6.45, 7) is 5.57. The smallest absolute Gasteiger partial charge is 0.191 e. The van der Waals surface area contributed by atoms with E-state index >= 15 is 0 Å². The molecule has 0 saturated carbocycles. The lowest BCUT2D eigenvalue weighted by Gasteiger charge is -2.21. The Bertz CT molecular complexity index is 762. The Balaban J connectivity index is 2.12. The lowest BCUT2D eigenvalue weighted by molar-refractivity contribution is -0.00163. The highest BCUT2D eigenvalue weighted by Gasteiger charge is 2.23. The second-order valence-electron chi connectivity index (χ2n) is 7.63. The summed E-state index contributed by atoms with van der Waals surface area (Å²) in [5.41, 5.74) is 3.97. The highest BCUT2D eigenvalue weighted by molar-refractivity contribution is 5.99. The zero-order valence-corrected chi connectivity index (χ0v) is 18.0. The number of aryl methyl sites for hydroxylation is 1. The van der Waals surface area contributed by atoms with Crippen LogP contribution >= 0.6 is 0 Å². The molecule has 2 N–H and O–H groups in total. The third-order valence-electron chi connectivity index (χ3n) is 4.81. The van der Waals surface area contributed by atoms with Crippen LogP contribution in [0.4, 0.5) is 5.69 Å². The van der Waals surface area contributed by atoms with E-state index in [-0.39, 0.29) is 12.4 Å². The molecule has 0 aliphatic rings. The third-order valence-corrected chi connectivity index (χ3v) is 4.81. The number of Topliss-reactive ketones (excluding diaryl/α,β-unsaturated/α-hetero) is 1. The molecule has 5 heteroatoms. The van der Waals surface area contributed by atoms with Gasteiger partial charge in [-0.25, -0.2) is 0 Å². The number of hydrogen-bond acceptors (Lipinski definition) is 5. The molecule has 2 atom stereocenters. The fourth-order valence-corrected chi connectivity index (χ4v) is 3.31. The van der Waals surface area contributed by atoms with E-state index in [4.69, 9.17) is 4.74 Å². The van der Waals surface area contributed by atoms with Gasteiger partial charge in [0, 0.05) is 38.3 Å². The second-order valence-corrected chi connectivity index (χ2v) is 7.63. The van der Waals surface area contributed by atoms with Gasteiger partial charge in [-0.15, -0.1) is 0 Å². The molecule has 0 heterocycles. The summed E-state index contributed by atoms with van der Waals surface area (Å²) in [6.07, 6.45) is 0.191. The zero-order valence-electron chi connectivity index (χ0n) is 18.0. The average Bonchev–Trinajstić information content (AvgIpc) is 2.71. The Hall–Kier alpha value is -2.21. The van der Waals surface area contributed by atoms with E-state index in [1.165, 1.54) is 0 Å². The summed E-state index contributed by atoms with van der Waals surface area (Å²) in [5, 5.41) is 13.4. The van der Waals surface area contributed by atoms with Gasteiger partial charge in [-0.2, -0.15) is 0 Å². The van der Waals surface area contributed by atoms with E-state index in [0.29, 0.717) is 18.5 Å². The van der Waals surface area contributed by atoms with E-state index < -0.39 is 12.2 Å². The minimum Gasteiger partial charge on any atom is -0.389 e. The van der Waals surface area contributed by atoms with E-state index in [1.54, 1.807) is 12.1 Å². The zero-order chi connectivity index (χ0) is 21.2. The van der Waals surface area contributed by atoms with Crippen LogP contribution < -0.4 is 10.2 Å². The number of nitrogens with zero attached hydrogens (tertiary/aromatic N) is 1. The average molecular weight is 399 g/mol. The highest BCUT2D eigenvalue weighted by atomic mass is 16.5. The quantitative estimate of drug-likeness (QED) is 0.425. The Kier molecular flexibility index (Phi) is 9.32. The minimum absolute atomic E-state index is 0.0614. The molecule has 0 amide bonds. The van der Waals surface area contributed by atoms with Crippen molar-refractivity contribution in [3.05, 3.63) is 65.2 Å². The SMILES string of the molecule is CCCNCC(O)COC(Cc1ccc(N(C)C)c(C)c1)C(=O)c1ccccc1. The van der Waals surface area contributed by atoms with Crippen molar-refractivity contribution in [3.63, 3.8) is 0 Å². The Morgan fingerprint density at radius 2 is 1.90 bits per heavy atom. The lowest BCUT2D eigenvalue weighted by atomic mass is 9.98. The number of nitrogens with one attached hydrogen (secondary N) is 1. The molecular formula is C24H34N2O3. The molecule has 0 aliphatic heterocycles. The number of rotatable bonds is 12. The molecule has 0 saturated heterocycles. The van der Waals surface area contributed by atoms with Crippen molar-refractivity contribution in [2.75, 3.05) is 38.7 Å². The third kappa shape index (κ3) is 7.28. The van der Waals surface area contributed by atoms with Gasteiger partial charge >= 0.3 is 0 Å². The Morgan fingerprint density at radius 3 is 2.52 bits per heavy atom. The van der Waals surface area contributed by atoms with Crippen LogP contribution in [0.5, 0.6) is 0 Å². The number of aliphatic hydroxyl groups excluding tert-OH is 1. The first-order valence-electron chi connectivity index (χ1n) is 10.3. The molecule has 2 unspecified atom stereocenters. The van der Waals surface area contributed by atoms with Gasteiger partial charge < -0.3 is 20.1 Å². The first-order valence-corrected chi connectivity index (χ1v) is 10.3.